The molecule has 6 heteroatoms. The fourth-order valence-corrected chi connectivity index (χ4v) is 2.84. The van der Waals surface area contributed by atoms with E-state index in [2.05, 4.69) is 0 Å². The lowest BCUT2D eigenvalue weighted by molar-refractivity contribution is 0.0593. The van der Waals surface area contributed by atoms with Gasteiger partial charge in [0.05, 0.1) is 19.3 Å². The molecule has 0 radical (unpaired) electrons. The van der Waals surface area contributed by atoms with Crippen LogP contribution in [-0.4, -0.2) is 25.7 Å². The van der Waals surface area contributed by atoms with E-state index in [0.717, 1.165) is 6.42 Å². The summed E-state index contributed by atoms with van der Waals surface area (Å²) < 4.78 is 15.8. The zero-order chi connectivity index (χ0) is 20.6. The molecule has 29 heavy (non-hydrogen) atoms. The van der Waals surface area contributed by atoms with Crippen LogP contribution in [0.4, 0.5) is 0 Å². The fraction of sp³-hybridized carbons (Fsp3) is 0.130. The van der Waals surface area contributed by atoms with Crippen molar-refractivity contribution in [3.8, 4) is 11.5 Å². The Balaban J connectivity index is 1.67. The Morgan fingerprint density at radius 1 is 0.897 bits per heavy atom. The van der Waals surface area contributed by atoms with E-state index in [1.54, 1.807) is 24.3 Å². The number of hydrogen-bond donors (Lipinski definition) is 0. The lowest BCUT2D eigenvalue weighted by atomic mass is 10.1. The van der Waals surface area contributed by atoms with Gasteiger partial charge >= 0.3 is 11.9 Å². The molecule has 148 valence electrons. The maximum Gasteiger partial charge on any atom is 0.343 e. The second kappa shape index (κ2) is 9.75. The Morgan fingerprint density at radius 2 is 1.69 bits per heavy atom. The average Bonchev–Trinajstić information content (AvgIpc) is 2.75. The van der Waals surface area contributed by atoms with Crippen molar-refractivity contribution in [3.63, 3.8) is 0 Å². The molecule has 0 aromatic heterocycles. The molecule has 0 unspecified atom stereocenters. The maximum atomic E-state index is 12.5. The van der Waals surface area contributed by atoms with Gasteiger partial charge in [0.15, 0.2) is 0 Å². The summed E-state index contributed by atoms with van der Waals surface area (Å²) >= 11 is 5.92. The van der Waals surface area contributed by atoms with E-state index in [9.17, 15) is 9.59 Å². The van der Waals surface area contributed by atoms with Crippen molar-refractivity contribution in [3.05, 3.63) is 94.5 Å². The van der Waals surface area contributed by atoms with Gasteiger partial charge in [0.25, 0.3) is 0 Å². The second-order valence-corrected chi connectivity index (χ2v) is 6.57. The van der Waals surface area contributed by atoms with Gasteiger partial charge in [0, 0.05) is 11.4 Å². The smallest absolute Gasteiger partial charge is 0.343 e. The van der Waals surface area contributed by atoms with E-state index in [1.807, 2.05) is 30.3 Å². The highest BCUT2D eigenvalue weighted by Gasteiger charge is 2.18. The first-order valence-corrected chi connectivity index (χ1v) is 9.31. The van der Waals surface area contributed by atoms with Gasteiger partial charge in [-0.15, -0.1) is 0 Å². The number of halogens is 1. The summed E-state index contributed by atoms with van der Waals surface area (Å²) in [4.78, 5) is 24.4. The summed E-state index contributed by atoms with van der Waals surface area (Å²) in [5.74, 6) is -0.638. The second-order valence-electron chi connectivity index (χ2n) is 6.13. The molecule has 0 fully saturated rings. The number of carbonyl (C=O) groups excluding carboxylic acids is 2. The Bertz CT molecular complexity index is 1000. The van der Waals surface area contributed by atoms with Crippen molar-refractivity contribution < 1.29 is 23.8 Å². The van der Waals surface area contributed by atoms with Crippen LogP contribution in [0.15, 0.2) is 72.8 Å². The van der Waals surface area contributed by atoms with Crippen LogP contribution in [0.1, 0.15) is 26.3 Å². The summed E-state index contributed by atoms with van der Waals surface area (Å²) in [7, 11) is 1.24. The van der Waals surface area contributed by atoms with Crippen LogP contribution in [0.2, 0.25) is 5.02 Å². The molecule has 0 bridgehead atoms. The van der Waals surface area contributed by atoms with Gasteiger partial charge in [-0.05, 0) is 42.0 Å². The van der Waals surface area contributed by atoms with Gasteiger partial charge in [0.2, 0.25) is 0 Å². The highest BCUT2D eigenvalue weighted by molar-refractivity contribution is 6.31. The fourth-order valence-electron chi connectivity index (χ4n) is 2.66. The highest BCUT2D eigenvalue weighted by atomic mass is 35.5. The molecule has 0 aliphatic carbocycles. The summed E-state index contributed by atoms with van der Waals surface area (Å²) in [5.41, 5.74) is 1.54. The van der Waals surface area contributed by atoms with E-state index in [0.29, 0.717) is 22.9 Å². The third kappa shape index (κ3) is 5.59. The zero-order valence-corrected chi connectivity index (χ0v) is 16.5. The Hall–Kier alpha value is -3.31. The molecule has 3 aromatic rings. The number of esters is 2. The Labute approximate surface area is 173 Å². The minimum atomic E-state index is -0.645. The van der Waals surface area contributed by atoms with Crippen LogP contribution < -0.4 is 9.47 Å². The molecule has 0 aliphatic rings. The van der Waals surface area contributed by atoms with Crippen LogP contribution in [-0.2, 0) is 11.2 Å². The molecule has 0 amide bonds. The number of methoxy groups -OCH3 is 1. The maximum absolute atomic E-state index is 12.5. The molecule has 0 heterocycles. The van der Waals surface area contributed by atoms with Crippen molar-refractivity contribution in [2.75, 3.05) is 13.7 Å². The third-order valence-electron chi connectivity index (χ3n) is 4.12. The highest BCUT2D eigenvalue weighted by Crippen LogP contribution is 2.25. The van der Waals surface area contributed by atoms with E-state index in [1.165, 1.54) is 30.9 Å². The third-order valence-corrected chi connectivity index (χ3v) is 4.36. The van der Waals surface area contributed by atoms with Gasteiger partial charge < -0.3 is 14.2 Å². The molecule has 0 atom stereocenters. The quantitative estimate of drug-likeness (QED) is 0.406. The van der Waals surface area contributed by atoms with Crippen molar-refractivity contribution in [1.29, 1.82) is 0 Å². The van der Waals surface area contributed by atoms with Gasteiger partial charge in [-0.1, -0.05) is 48.0 Å². The largest absolute Gasteiger partial charge is 0.493 e. The summed E-state index contributed by atoms with van der Waals surface area (Å²) in [6.45, 7) is 0.478. The molecule has 0 spiro atoms. The van der Waals surface area contributed by atoms with Crippen LogP contribution in [0.25, 0.3) is 0 Å². The van der Waals surface area contributed by atoms with E-state index >= 15 is 0 Å². The van der Waals surface area contributed by atoms with Crippen LogP contribution >= 0.6 is 11.6 Å². The normalized spacial score (nSPS) is 10.3. The van der Waals surface area contributed by atoms with Crippen molar-refractivity contribution in [1.82, 2.24) is 0 Å². The topological polar surface area (TPSA) is 61.8 Å². The molecule has 0 saturated heterocycles. The monoisotopic (exact) mass is 410 g/mol. The van der Waals surface area contributed by atoms with E-state index in [4.69, 9.17) is 25.8 Å². The standard InChI is InChI=1S/C23H19ClO5/c1-27-23(26)20-15-18(24)10-11-21(20)29-22(25)17-8-5-9-19(14-17)28-13-12-16-6-3-2-4-7-16/h2-11,14-15H,12-13H2,1H3. The lowest BCUT2D eigenvalue weighted by Gasteiger charge is -2.10. The first-order chi connectivity index (χ1) is 14.1. The van der Waals surface area contributed by atoms with Crippen LogP contribution in [0.3, 0.4) is 0 Å². The number of hydrogen-bond acceptors (Lipinski definition) is 5. The average molecular weight is 411 g/mol. The molecule has 0 aliphatic heterocycles. The molecule has 3 aromatic carbocycles. The summed E-state index contributed by atoms with van der Waals surface area (Å²) in [6.07, 6.45) is 0.753. The SMILES string of the molecule is COC(=O)c1cc(Cl)ccc1OC(=O)c1cccc(OCCc2ccccc2)c1. The molecule has 0 saturated carbocycles. The first kappa shape index (κ1) is 20.4. The lowest BCUT2D eigenvalue weighted by Crippen LogP contribution is -2.12. The van der Waals surface area contributed by atoms with E-state index < -0.39 is 11.9 Å². The first-order valence-electron chi connectivity index (χ1n) is 8.93. The van der Waals surface area contributed by atoms with Crippen LogP contribution in [0.5, 0.6) is 11.5 Å². The molecule has 5 nitrogen and oxygen atoms in total. The minimum Gasteiger partial charge on any atom is -0.493 e. The van der Waals surface area contributed by atoms with Crippen molar-refractivity contribution in [2.45, 2.75) is 6.42 Å². The van der Waals surface area contributed by atoms with Crippen LogP contribution in [0, 0.1) is 0 Å². The predicted octanol–water partition coefficient (Wildman–Crippen LogP) is 4.97. The van der Waals surface area contributed by atoms with Crippen molar-refractivity contribution in [2.24, 2.45) is 0 Å². The van der Waals surface area contributed by atoms with Gasteiger partial charge in [-0.25, -0.2) is 9.59 Å². The van der Waals surface area contributed by atoms with Gasteiger partial charge in [0.1, 0.15) is 17.1 Å². The summed E-state index contributed by atoms with van der Waals surface area (Å²) in [6, 6.07) is 21.0. The molecule has 0 N–H and O–H groups in total. The number of rotatable bonds is 7. The number of carbonyl (C=O) groups is 2. The molecular weight excluding hydrogens is 392 g/mol. The summed E-state index contributed by atoms with van der Waals surface area (Å²) in [5, 5.41) is 0.332. The number of benzene rings is 3. The zero-order valence-electron chi connectivity index (χ0n) is 15.8. The van der Waals surface area contributed by atoms with E-state index in [-0.39, 0.29) is 11.3 Å². The Morgan fingerprint density at radius 3 is 2.45 bits per heavy atom. The van der Waals surface area contributed by atoms with Crippen molar-refractivity contribution >= 4 is 23.5 Å². The molecule has 3 rings (SSSR count). The van der Waals surface area contributed by atoms with Gasteiger partial charge in [-0.2, -0.15) is 0 Å². The van der Waals surface area contributed by atoms with Gasteiger partial charge in [-0.3, -0.25) is 0 Å². The Kier molecular flexibility index (Phi) is 6.87. The number of ether oxygens (including phenoxy) is 3. The predicted molar refractivity (Wildman–Crippen MR) is 110 cm³/mol. The minimum absolute atomic E-state index is 0.0710. The molecular formula is C23H19ClO5.